The molecule has 0 amide bonds. The summed E-state index contributed by atoms with van der Waals surface area (Å²) in [5.41, 5.74) is -3.58. The van der Waals surface area contributed by atoms with Crippen molar-refractivity contribution >= 4 is 11.9 Å². The lowest BCUT2D eigenvalue weighted by Crippen LogP contribution is -2.49. The molecular weight excluding hydrogens is 418 g/mol. The molecule has 0 aliphatic rings. The number of rotatable bonds is 8. The molecule has 0 aliphatic heterocycles. The van der Waals surface area contributed by atoms with Crippen LogP contribution < -0.4 is 0 Å². The van der Waals surface area contributed by atoms with Crippen molar-refractivity contribution in [2.75, 3.05) is 7.11 Å². The van der Waals surface area contributed by atoms with Crippen LogP contribution in [0.25, 0.3) is 6.08 Å². The lowest BCUT2D eigenvalue weighted by atomic mass is 9.84. The number of hydrogen-bond donors (Lipinski definition) is 0. The number of ketones is 1. The van der Waals surface area contributed by atoms with E-state index in [9.17, 15) is 13.6 Å². The van der Waals surface area contributed by atoms with Gasteiger partial charge in [0.25, 0.3) is 0 Å². The molecule has 0 aliphatic carbocycles. The van der Waals surface area contributed by atoms with Crippen LogP contribution in [-0.2, 0) is 27.6 Å². The topological polar surface area (TPSA) is 82.8 Å². The highest BCUT2D eigenvalue weighted by atomic mass is 19.3. The molecular formula is C20H17F4N5O2. The number of halogens is 4. The molecule has 31 heavy (non-hydrogen) atoms. The van der Waals surface area contributed by atoms with Gasteiger partial charge in [-0.2, -0.15) is 8.78 Å². The maximum Gasteiger partial charge on any atom is 0.324 e. The molecule has 0 bridgehead atoms. The number of alkyl halides is 2. The Morgan fingerprint density at radius 1 is 1.23 bits per heavy atom. The van der Waals surface area contributed by atoms with E-state index >= 15 is 8.78 Å². The standard InChI is InChI=1S/C20H17F4N5O2/c1-13(30)3-4-14-5-8-18(25-10-14)20(23,24)19(31-2,11-29-12-26-27-28-29)16-7-6-15(21)9-17(16)22/h3-10,12H,11H2,1-2H3/b4-3+. The van der Waals surface area contributed by atoms with Gasteiger partial charge in [-0.3, -0.25) is 9.78 Å². The molecule has 2 aromatic heterocycles. The number of hydrogen-bond acceptors (Lipinski definition) is 6. The van der Waals surface area contributed by atoms with Crippen LogP contribution in [0.4, 0.5) is 17.6 Å². The van der Waals surface area contributed by atoms with E-state index in [1.54, 1.807) is 0 Å². The van der Waals surface area contributed by atoms with Crippen LogP contribution in [0.2, 0.25) is 0 Å². The molecule has 3 aromatic rings. The molecule has 11 heteroatoms. The van der Waals surface area contributed by atoms with Gasteiger partial charge in [-0.1, -0.05) is 6.07 Å². The van der Waals surface area contributed by atoms with Gasteiger partial charge in [-0.15, -0.1) is 5.10 Å². The molecule has 0 spiro atoms. The highest BCUT2D eigenvalue weighted by Gasteiger charge is 2.59. The first kappa shape index (κ1) is 22.2. The van der Waals surface area contributed by atoms with Crippen molar-refractivity contribution in [3.63, 3.8) is 0 Å². The molecule has 0 radical (unpaired) electrons. The van der Waals surface area contributed by atoms with E-state index < -0.39 is 41.0 Å². The SMILES string of the molecule is COC(Cn1cnnn1)(c1ccc(F)cc1F)C(F)(F)c1ccc(/C=C/C(C)=O)cn1. The average molecular weight is 435 g/mol. The minimum absolute atomic E-state index is 0.221. The van der Waals surface area contributed by atoms with Crippen LogP contribution in [0, 0.1) is 11.6 Å². The van der Waals surface area contributed by atoms with Crippen LogP contribution in [0.5, 0.6) is 0 Å². The zero-order valence-electron chi connectivity index (χ0n) is 16.5. The van der Waals surface area contributed by atoms with Gasteiger partial charge in [0.1, 0.15) is 23.7 Å². The predicted octanol–water partition coefficient (Wildman–Crippen LogP) is 3.28. The van der Waals surface area contributed by atoms with Crippen LogP contribution in [0.1, 0.15) is 23.7 Å². The van der Waals surface area contributed by atoms with Crippen molar-refractivity contribution in [3.8, 4) is 0 Å². The molecule has 162 valence electrons. The quantitative estimate of drug-likeness (QED) is 0.399. The van der Waals surface area contributed by atoms with Crippen molar-refractivity contribution in [3.05, 3.63) is 77.4 Å². The Hall–Kier alpha value is -3.47. The number of carbonyl (C=O) groups is 1. The molecule has 7 nitrogen and oxygen atoms in total. The van der Waals surface area contributed by atoms with Gasteiger partial charge in [0.05, 0.1) is 6.54 Å². The van der Waals surface area contributed by atoms with Crippen molar-refractivity contribution in [2.45, 2.75) is 25.0 Å². The zero-order valence-corrected chi connectivity index (χ0v) is 16.5. The van der Waals surface area contributed by atoms with Crippen LogP contribution in [0.15, 0.2) is 48.9 Å². The summed E-state index contributed by atoms with van der Waals surface area (Å²) in [7, 11) is 0.977. The number of ether oxygens (including phenoxy) is 1. The van der Waals surface area contributed by atoms with E-state index in [2.05, 4.69) is 20.5 Å². The molecule has 2 heterocycles. The minimum Gasteiger partial charge on any atom is -0.365 e. The van der Waals surface area contributed by atoms with E-state index in [4.69, 9.17) is 4.74 Å². The summed E-state index contributed by atoms with van der Waals surface area (Å²) in [5.74, 6) is -6.29. The summed E-state index contributed by atoms with van der Waals surface area (Å²) in [4.78, 5) is 14.8. The Bertz CT molecular complexity index is 1090. The van der Waals surface area contributed by atoms with Gasteiger partial charge in [-0.25, -0.2) is 13.5 Å². The van der Waals surface area contributed by atoms with E-state index in [1.165, 1.54) is 25.1 Å². The van der Waals surface area contributed by atoms with Crippen molar-refractivity contribution in [1.29, 1.82) is 0 Å². The second kappa shape index (κ2) is 8.72. The van der Waals surface area contributed by atoms with Gasteiger partial charge in [0.15, 0.2) is 11.4 Å². The summed E-state index contributed by atoms with van der Waals surface area (Å²) in [6, 6.07) is 4.59. The fourth-order valence-corrected chi connectivity index (χ4v) is 3.06. The lowest BCUT2D eigenvalue weighted by molar-refractivity contribution is -0.223. The Balaban J connectivity index is 2.14. The van der Waals surface area contributed by atoms with E-state index in [0.29, 0.717) is 11.6 Å². The first-order valence-corrected chi connectivity index (χ1v) is 8.94. The van der Waals surface area contributed by atoms with E-state index in [-0.39, 0.29) is 5.78 Å². The molecule has 1 aromatic carbocycles. The molecule has 1 atom stereocenters. The third-order valence-electron chi connectivity index (χ3n) is 4.62. The number of carbonyl (C=O) groups excluding carboxylic acids is 1. The van der Waals surface area contributed by atoms with Gasteiger partial charge >= 0.3 is 5.92 Å². The monoisotopic (exact) mass is 435 g/mol. The third kappa shape index (κ3) is 4.36. The van der Waals surface area contributed by atoms with Crippen LogP contribution in [-0.4, -0.2) is 38.1 Å². The zero-order chi connectivity index (χ0) is 22.6. The van der Waals surface area contributed by atoms with Crippen LogP contribution in [0.3, 0.4) is 0 Å². The highest BCUT2D eigenvalue weighted by Crippen LogP contribution is 2.49. The van der Waals surface area contributed by atoms with E-state index in [0.717, 1.165) is 42.5 Å². The van der Waals surface area contributed by atoms with Gasteiger partial charge in [-0.05, 0) is 53.3 Å². The number of aromatic nitrogens is 5. The summed E-state index contributed by atoms with van der Waals surface area (Å²) in [6.45, 7) is 0.648. The maximum absolute atomic E-state index is 15.9. The molecule has 0 N–H and O–H groups in total. The van der Waals surface area contributed by atoms with Crippen LogP contribution >= 0.6 is 0 Å². The van der Waals surface area contributed by atoms with E-state index in [1.807, 2.05) is 0 Å². The number of pyridine rings is 1. The third-order valence-corrected chi connectivity index (χ3v) is 4.62. The summed E-state index contributed by atoms with van der Waals surface area (Å²) >= 11 is 0. The Labute approximate surface area is 174 Å². The number of benzene rings is 1. The molecule has 3 rings (SSSR count). The predicted molar refractivity (Wildman–Crippen MR) is 101 cm³/mol. The fraction of sp³-hybridized carbons (Fsp3) is 0.250. The molecule has 1 unspecified atom stereocenters. The first-order valence-electron chi connectivity index (χ1n) is 8.94. The Morgan fingerprint density at radius 3 is 2.55 bits per heavy atom. The summed E-state index contributed by atoms with van der Waals surface area (Å²) < 4.78 is 66.1. The number of allylic oxidation sites excluding steroid dienone is 1. The molecule has 0 saturated carbocycles. The second-order valence-corrected chi connectivity index (χ2v) is 6.66. The molecule has 0 saturated heterocycles. The number of nitrogens with zero attached hydrogens (tertiary/aromatic N) is 5. The number of tetrazole rings is 1. The smallest absolute Gasteiger partial charge is 0.324 e. The minimum atomic E-state index is -3.91. The maximum atomic E-state index is 15.9. The summed E-state index contributed by atoms with van der Waals surface area (Å²) in [6.07, 6.45) is 4.89. The van der Waals surface area contributed by atoms with Gasteiger partial charge in [0, 0.05) is 24.9 Å². The highest BCUT2D eigenvalue weighted by molar-refractivity contribution is 5.91. The lowest BCUT2D eigenvalue weighted by Gasteiger charge is -2.39. The fourth-order valence-electron chi connectivity index (χ4n) is 3.06. The average Bonchev–Trinajstić information content (AvgIpc) is 3.24. The normalized spacial score (nSPS) is 14.0. The summed E-state index contributed by atoms with van der Waals surface area (Å²) in [5, 5.41) is 10.4. The Morgan fingerprint density at radius 2 is 2.00 bits per heavy atom. The first-order chi connectivity index (χ1) is 14.7. The number of methoxy groups -OCH3 is 1. The molecule has 0 fully saturated rings. The van der Waals surface area contributed by atoms with Crippen molar-refractivity contribution in [1.82, 2.24) is 25.2 Å². The largest absolute Gasteiger partial charge is 0.365 e. The Kier molecular flexibility index (Phi) is 6.25. The van der Waals surface area contributed by atoms with Crippen molar-refractivity contribution < 1.29 is 27.1 Å². The van der Waals surface area contributed by atoms with Crippen molar-refractivity contribution in [2.24, 2.45) is 0 Å². The second-order valence-electron chi connectivity index (χ2n) is 6.66. The van der Waals surface area contributed by atoms with Gasteiger partial charge in [0.2, 0.25) is 0 Å². The van der Waals surface area contributed by atoms with Gasteiger partial charge < -0.3 is 4.74 Å².